The normalized spacial score (nSPS) is 12.0. The Balaban J connectivity index is 1.33. The second kappa shape index (κ2) is 16.9. The minimum absolute atomic E-state index is 0.198. The first-order chi connectivity index (χ1) is 22.2. The van der Waals surface area contributed by atoms with E-state index < -0.39 is 11.7 Å². The SMILES string of the molecule is COC(=O)c1ccc(CCC(/C=C/c2ccccc2OCCCCOc2ccc(C(F)(F)F)cc2)Cc2ccc(C#N)cc2)cc1. The fourth-order valence-electron chi connectivity index (χ4n) is 4.87. The maximum Gasteiger partial charge on any atom is 0.416 e. The average Bonchev–Trinajstić information content (AvgIpc) is 3.08. The minimum Gasteiger partial charge on any atom is -0.494 e. The molecule has 0 amide bonds. The van der Waals surface area contributed by atoms with Gasteiger partial charge in [-0.25, -0.2) is 4.79 Å². The van der Waals surface area contributed by atoms with Crippen molar-refractivity contribution >= 4 is 12.0 Å². The largest absolute Gasteiger partial charge is 0.494 e. The summed E-state index contributed by atoms with van der Waals surface area (Å²) in [7, 11) is 1.37. The number of para-hydroxylation sites is 1. The predicted molar refractivity (Wildman–Crippen MR) is 172 cm³/mol. The van der Waals surface area contributed by atoms with Gasteiger partial charge in [-0.15, -0.1) is 0 Å². The van der Waals surface area contributed by atoms with Crippen LogP contribution >= 0.6 is 0 Å². The Morgan fingerprint density at radius 1 is 0.848 bits per heavy atom. The highest BCUT2D eigenvalue weighted by Crippen LogP contribution is 2.30. The van der Waals surface area contributed by atoms with Crippen LogP contribution in [-0.4, -0.2) is 26.3 Å². The topological polar surface area (TPSA) is 68.6 Å². The lowest BCUT2D eigenvalue weighted by Gasteiger charge is -2.15. The number of carbonyl (C=O) groups excluding carboxylic acids is 1. The first-order valence-corrected chi connectivity index (χ1v) is 15.1. The molecule has 0 aromatic heterocycles. The number of halogens is 3. The Morgan fingerprint density at radius 3 is 2.15 bits per heavy atom. The van der Waals surface area contributed by atoms with Crippen LogP contribution in [0.4, 0.5) is 13.2 Å². The molecule has 0 saturated heterocycles. The quantitative estimate of drug-likeness (QED) is 0.0972. The van der Waals surface area contributed by atoms with Crippen LogP contribution in [0, 0.1) is 17.2 Å². The number of hydrogen-bond acceptors (Lipinski definition) is 5. The molecule has 0 aliphatic rings. The molecule has 0 heterocycles. The number of rotatable bonds is 15. The number of aryl methyl sites for hydroxylation is 1. The zero-order valence-corrected chi connectivity index (χ0v) is 25.6. The highest BCUT2D eigenvalue weighted by atomic mass is 19.4. The van der Waals surface area contributed by atoms with Crippen molar-refractivity contribution in [1.82, 2.24) is 0 Å². The zero-order valence-electron chi connectivity index (χ0n) is 25.6. The van der Waals surface area contributed by atoms with Gasteiger partial charge in [-0.2, -0.15) is 18.4 Å². The van der Waals surface area contributed by atoms with Crippen LogP contribution in [0.2, 0.25) is 0 Å². The van der Waals surface area contributed by atoms with Gasteiger partial charge < -0.3 is 14.2 Å². The lowest BCUT2D eigenvalue weighted by atomic mass is 9.91. The van der Waals surface area contributed by atoms with Gasteiger partial charge in [0.1, 0.15) is 11.5 Å². The Hall–Kier alpha value is -5.03. The van der Waals surface area contributed by atoms with E-state index in [1.54, 1.807) is 12.1 Å². The van der Waals surface area contributed by atoms with E-state index in [1.165, 1.54) is 19.2 Å². The molecule has 0 saturated carbocycles. The van der Waals surface area contributed by atoms with Crippen LogP contribution in [0.25, 0.3) is 6.08 Å². The third-order valence-corrected chi connectivity index (χ3v) is 7.47. The third-order valence-electron chi connectivity index (χ3n) is 7.47. The summed E-state index contributed by atoms with van der Waals surface area (Å²) < 4.78 is 54.7. The number of nitrogens with zero attached hydrogens (tertiary/aromatic N) is 1. The fraction of sp³-hybridized carbons (Fsp3) is 0.263. The van der Waals surface area contributed by atoms with Crippen molar-refractivity contribution in [1.29, 1.82) is 5.26 Å². The molecule has 0 bridgehead atoms. The van der Waals surface area contributed by atoms with Gasteiger partial charge in [0.15, 0.2) is 0 Å². The molecule has 1 atom stereocenters. The molecule has 4 aromatic rings. The average molecular weight is 628 g/mol. The summed E-state index contributed by atoms with van der Waals surface area (Å²) >= 11 is 0. The molecular weight excluding hydrogens is 591 g/mol. The summed E-state index contributed by atoms with van der Waals surface area (Å²) in [6.45, 7) is 0.843. The van der Waals surface area contributed by atoms with Crippen LogP contribution in [0.1, 0.15) is 57.4 Å². The number of carbonyl (C=O) groups is 1. The van der Waals surface area contributed by atoms with Crippen molar-refractivity contribution < 1.29 is 32.2 Å². The molecule has 4 rings (SSSR count). The Morgan fingerprint density at radius 2 is 1.50 bits per heavy atom. The van der Waals surface area contributed by atoms with Crippen LogP contribution in [-0.2, 0) is 23.8 Å². The molecular formula is C38H36F3NO4. The van der Waals surface area contributed by atoms with Crippen LogP contribution in [0.15, 0.2) is 103 Å². The minimum atomic E-state index is -4.37. The molecule has 46 heavy (non-hydrogen) atoms. The number of ether oxygens (including phenoxy) is 3. The van der Waals surface area contributed by atoms with Crippen molar-refractivity contribution in [2.45, 2.75) is 38.3 Å². The second-order valence-electron chi connectivity index (χ2n) is 10.8. The first-order valence-electron chi connectivity index (χ1n) is 15.1. The molecule has 0 aliphatic carbocycles. The summed E-state index contributed by atoms with van der Waals surface area (Å²) in [5.41, 5.74) is 3.65. The van der Waals surface area contributed by atoms with Gasteiger partial charge >= 0.3 is 12.1 Å². The van der Waals surface area contributed by atoms with E-state index in [4.69, 9.17) is 19.5 Å². The monoisotopic (exact) mass is 627 g/mol. The molecule has 0 spiro atoms. The molecule has 238 valence electrons. The molecule has 0 aliphatic heterocycles. The van der Waals surface area contributed by atoms with Crippen LogP contribution in [0.3, 0.4) is 0 Å². The number of alkyl halides is 3. The number of hydrogen-bond donors (Lipinski definition) is 0. The molecule has 0 fully saturated rings. The maximum absolute atomic E-state index is 12.7. The van der Waals surface area contributed by atoms with E-state index in [0.717, 1.165) is 60.3 Å². The van der Waals surface area contributed by atoms with Crippen molar-refractivity contribution in [2.24, 2.45) is 5.92 Å². The van der Waals surface area contributed by atoms with Gasteiger partial charge in [-0.3, -0.25) is 0 Å². The smallest absolute Gasteiger partial charge is 0.416 e. The van der Waals surface area contributed by atoms with Gasteiger partial charge in [0.25, 0.3) is 0 Å². The molecule has 1 unspecified atom stereocenters. The summed E-state index contributed by atoms with van der Waals surface area (Å²) in [6, 6.07) is 29.8. The molecule has 8 heteroatoms. The fourth-order valence-corrected chi connectivity index (χ4v) is 4.87. The second-order valence-corrected chi connectivity index (χ2v) is 10.8. The van der Waals surface area contributed by atoms with Gasteiger partial charge in [0, 0.05) is 5.56 Å². The molecule has 0 N–H and O–H groups in total. The Labute approximate surface area is 267 Å². The molecule has 0 radical (unpaired) electrons. The third kappa shape index (κ3) is 10.6. The Kier molecular flexibility index (Phi) is 12.4. The summed E-state index contributed by atoms with van der Waals surface area (Å²) in [5, 5.41) is 9.17. The van der Waals surface area contributed by atoms with Crippen molar-refractivity contribution in [3.05, 3.63) is 137 Å². The van der Waals surface area contributed by atoms with Crippen molar-refractivity contribution in [2.75, 3.05) is 20.3 Å². The highest BCUT2D eigenvalue weighted by molar-refractivity contribution is 5.89. The molecule has 5 nitrogen and oxygen atoms in total. The van der Waals surface area contributed by atoms with Crippen LogP contribution < -0.4 is 9.47 Å². The predicted octanol–water partition coefficient (Wildman–Crippen LogP) is 9.11. The maximum atomic E-state index is 12.7. The van der Waals surface area contributed by atoms with E-state index in [9.17, 15) is 18.0 Å². The standard InChI is InChI=1S/C38H36F3NO4/c1-44-37(43)33-18-14-28(15-19-33)8-9-30(26-29-10-12-31(27-42)13-11-29)16-17-32-6-2-3-7-36(32)46-25-5-4-24-45-35-22-20-34(21-23-35)38(39,40)41/h2-3,6-7,10-23,30H,4-5,8-9,24-26H2,1H3/b17-16+. The van der Waals surface area contributed by atoms with Gasteiger partial charge in [0.2, 0.25) is 0 Å². The van der Waals surface area contributed by atoms with E-state index >= 15 is 0 Å². The van der Waals surface area contributed by atoms with Crippen molar-refractivity contribution in [3.63, 3.8) is 0 Å². The first kappa shape index (κ1) is 33.9. The number of benzene rings is 4. The van der Waals surface area contributed by atoms with E-state index in [-0.39, 0.29) is 11.9 Å². The molecule has 4 aromatic carbocycles. The lowest BCUT2D eigenvalue weighted by molar-refractivity contribution is -0.137. The summed E-state index contributed by atoms with van der Waals surface area (Å²) in [6.07, 6.45) is 3.80. The number of esters is 1. The lowest BCUT2D eigenvalue weighted by Crippen LogP contribution is -2.06. The van der Waals surface area contributed by atoms with E-state index in [1.807, 2.05) is 60.7 Å². The van der Waals surface area contributed by atoms with Gasteiger partial charge in [0.05, 0.1) is 43.1 Å². The van der Waals surface area contributed by atoms with E-state index in [0.29, 0.717) is 36.5 Å². The number of allylic oxidation sites excluding steroid dienone is 1. The van der Waals surface area contributed by atoms with Gasteiger partial charge in [-0.1, -0.05) is 54.6 Å². The van der Waals surface area contributed by atoms with E-state index in [2.05, 4.69) is 18.2 Å². The Bertz CT molecular complexity index is 1610. The van der Waals surface area contributed by atoms with Gasteiger partial charge in [-0.05, 0) is 104 Å². The number of unbranched alkanes of at least 4 members (excludes halogenated alkanes) is 1. The highest BCUT2D eigenvalue weighted by Gasteiger charge is 2.30. The van der Waals surface area contributed by atoms with Crippen molar-refractivity contribution in [3.8, 4) is 17.6 Å². The summed E-state index contributed by atoms with van der Waals surface area (Å²) in [4.78, 5) is 11.8. The number of nitriles is 1. The summed E-state index contributed by atoms with van der Waals surface area (Å²) in [5.74, 6) is 1.00. The number of methoxy groups -OCH3 is 1. The zero-order chi connectivity index (χ0) is 32.8. The van der Waals surface area contributed by atoms with Crippen LogP contribution in [0.5, 0.6) is 11.5 Å².